The van der Waals surface area contributed by atoms with E-state index in [0.29, 0.717) is 40.0 Å². The van der Waals surface area contributed by atoms with Gasteiger partial charge in [0.25, 0.3) is 5.91 Å². The molecule has 6 rings (SSSR count). The summed E-state index contributed by atoms with van der Waals surface area (Å²) in [4.78, 5) is 26.9. The van der Waals surface area contributed by atoms with Crippen molar-refractivity contribution in [1.82, 2.24) is 0 Å². The molecule has 2 heterocycles. The normalized spacial score (nSPS) is 19.9. The minimum atomic E-state index is -1.43. The molecule has 1 amide bonds. The number of anilines is 1. The molecule has 0 radical (unpaired) electrons. The highest BCUT2D eigenvalue weighted by atomic mass is 16.7. The maximum atomic E-state index is 13.5. The number of fused-ring (bicyclic) bond motifs is 1. The van der Waals surface area contributed by atoms with E-state index in [-0.39, 0.29) is 17.0 Å². The van der Waals surface area contributed by atoms with Gasteiger partial charge < -0.3 is 43.6 Å². The number of aliphatic hydroxyl groups excluding tert-OH is 2. The third kappa shape index (κ3) is 6.94. The molecule has 260 valence electrons. The largest absolute Gasteiger partial charge is 0.497 e. The number of methoxy groups -OCH3 is 3. The summed E-state index contributed by atoms with van der Waals surface area (Å²) < 4.78 is 34.5. The number of amides is 1. The monoisotopic (exact) mass is 681 g/mol. The van der Waals surface area contributed by atoms with Crippen molar-refractivity contribution in [3.63, 3.8) is 0 Å². The van der Waals surface area contributed by atoms with Crippen molar-refractivity contribution in [3.8, 4) is 28.4 Å². The van der Waals surface area contributed by atoms with Crippen molar-refractivity contribution in [2.75, 3.05) is 26.6 Å². The number of hydrogen-bond donors (Lipinski definition) is 3. The summed E-state index contributed by atoms with van der Waals surface area (Å²) in [5.74, 6) is 0.975. The van der Waals surface area contributed by atoms with E-state index < -0.39 is 41.7 Å². The van der Waals surface area contributed by atoms with Crippen molar-refractivity contribution < 1.29 is 43.1 Å². The molecular weight excluding hydrogens is 642 g/mol. The van der Waals surface area contributed by atoms with Crippen LogP contribution in [0.4, 0.5) is 5.69 Å². The van der Waals surface area contributed by atoms with Gasteiger partial charge in [0.1, 0.15) is 46.8 Å². The standard InChI is InChI=1S/C39H39NO10/c1-39(2)35(47-5)32(41)33(42)38(50-39)48-31-17-14-24-21-29(37(44)49-34(24)28(31)18-22-10-7-6-8-11-22)40-36(43)25-15-16-30(46-4)27(20-25)23-12-9-13-26(19-23)45-3/h6-17,19-21,32-33,35,38,41-42H,18H2,1-5H3,(H,40,43)/t32-,33+,35+,38+/m0/s1. The molecule has 1 aromatic heterocycles. The van der Waals surface area contributed by atoms with Crippen LogP contribution in [0.15, 0.2) is 100 Å². The van der Waals surface area contributed by atoms with Crippen LogP contribution < -0.4 is 25.2 Å². The van der Waals surface area contributed by atoms with Gasteiger partial charge in [-0.25, -0.2) is 4.79 Å². The van der Waals surface area contributed by atoms with E-state index in [4.69, 9.17) is 28.1 Å². The highest BCUT2D eigenvalue weighted by molar-refractivity contribution is 6.06. The van der Waals surface area contributed by atoms with Crippen LogP contribution in [0, 0.1) is 0 Å². The smallest absolute Gasteiger partial charge is 0.360 e. The van der Waals surface area contributed by atoms with E-state index in [0.717, 1.165) is 11.1 Å². The number of nitrogens with one attached hydrogen (secondary N) is 1. The van der Waals surface area contributed by atoms with E-state index in [1.165, 1.54) is 7.11 Å². The van der Waals surface area contributed by atoms with Crippen molar-refractivity contribution in [1.29, 1.82) is 0 Å². The predicted molar refractivity (Wildman–Crippen MR) is 187 cm³/mol. The zero-order chi connectivity index (χ0) is 35.6. The molecule has 11 heteroatoms. The maximum Gasteiger partial charge on any atom is 0.360 e. The minimum Gasteiger partial charge on any atom is -0.497 e. The zero-order valence-corrected chi connectivity index (χ0v) is 28.3. The second-order valence-corrected chi connectivity index (χ2v) is 12.5. The lowest BCUT2D eigenvalue weighted by molar-refractivity contribution is -0.306. The first-order valence-corrected chi connectivity index (χ1v) is 16.0. The molecule has 5 aromatic rings. The zero-order valence-electron chi connectivity index (χ0n) is 28.3. The Kier molecular flexibility index (Phi) is 9.94. The number of ether oxygens (including phenoxy) is 5. The van der Waals surface area contributed by atoms with Crippen molar-refractivity contribution in [2.24, 2.45) is 0 Å². The summed E-state index contributed by atoms with van der Waals surface area (Å²) in [5.41, 5.74) is 1.58. The third-order valence-corrected chi connectivity index (χ3v) is 8.82. The SMILES string of the molecule is COc1cccc(-c2cc(C(=O)Nc3cc4ccc(O[C@@H]5OC(C)(C)[C@H](OC)[C@@H](O)[C@H]5O)c(Cc5ccccc5)c4oc3=O)ccc2OC)c1. The molecule has 4 aromatic carbocycles. The molecule has 3 N–H and O–H groups in total. The lowest BCUT2D eigenvalue weighted by Crippen LogP contribution is -2.63. The lowest BCUT2D eigenvalue weighted by atomic mass is 9.89. The van der Waals surface area contributed by atoms with E-state index in [2.05, 4.69) is 5.32 Å². The van der Waals surface area contributed by atoms with Gasteiger partial charge in [0.15, 0.2) is 0 Å². The van der Waals surface area contributed by atoms with E-state index in [9.17, 15) is 19.8 Å². The highest BCUT2D eigenvalue weighted by Crippen LogP contribution is 2.37. The lowest BCUT2D eigenvalue weighted by Gasteiger charge is -2.46. The van der Waals surface area contributed by atoms with Crippen LogP contribution in [0.5, 0.6) is 17.2 Å². The fourth-order valence-electron chi connectivity index (χ4n) is 6.28. The molecule has 1 saturated heterocycles. The summed E-state index contributed by atoms with van der Waals surface area (Å²) in [6.07, 6.45) is -4.46. The van der Waals surface area contributed by atoms with Gasteiger partial charge in [-0.05, 0) is 73.5 Å². The molecule has 0 aliphatic carbocycles. The molecule has 1 aliphatic heterocycles. The fraction of sp³-hybridized carbons (Fsp3) is 0.282. The Morgan fingerprint density at radius 2 is 1.62 bits per heavy atom. The number of aliphatic hydroxyl groups is 2. The number of carbonyl (C=O) groups is 1. The molecular formula is C39H39NO10. The van der Waals surface area contributed by atoms with Gasteiger partial charge >= 0.3 is 5.63 Å². The first kappa shape index (κ1) is 34.7. The second-order valence-electron chi connectivity index (χ2n) is 12.5. The van der Waals surface area contributed by atoms with E-state index in [1.807, 2.05) is 54.6 Å². The topological polar surface area (TPSA) is 146 Å². The van der Waals surface area contributed by atoms with Crippen LogP contribution in [-0.2, 0) is 15.9 Å². The van der Waals surface area contributed by atoms with Crippen LogP contribution >= 0.6 is 0 Å². The Labute approximate surface area is 288 Å². The molecule has 11 nitrogen and oxygen atoms in total. The summed E-state index contributed by atoms with van der Waals surface area (Å²) >= 11 is 0. The molecule has 0 saturated carbocycles. The van der Waals surface area contributed by atoms with Gasteiger partial charge in [-0.15, -0.1) is 0 Å². The number of benzene rings is 4. The Morgan fingerprint density at radius 3 is 2.34 bits per heavy atom. The summed E-state index contributed by atoms with van der Waals surface area (Å²) in [6.45, 7) is 3.47. The van der Waals surface area contributed by atoms with Gasteiger partial charge in [-0.3, -0.25) is 4.79 Å². The van der Waals surface area contributed by atoms with Gasteiger partial charge in [0.05, 0.1) is 19.8 Å². The summed E-state index contributed by atoms with van der Waals surface area (Å²) in [7, 11) is 4.56. The van der Waals surface area contributed by atoms with Crippen LogP contribution in [-0.4, -0.2) is 67.7 Å². The quantitative estimate of drug-likeness (QED) is 0.160. The third-order valence-electron chi connectivity index (χ3n) is 8.82. The Balaban J connectivity index is 1.34. The van der Waals surface area contributed by atoms with Crippen LogP contribution in [0.2, 0.25) is 0 Å². The van der Waals surface area contributed by atoms with Crippen LogP contribution in [0.3, 0.4) is 0 Å². The molecule has 0 bridgehead atoms. The van der Waals surface area contributed by atoms with Crippen molar-refractivity contribution in [3.05, 3.63) is 118 Å². The molecule has 1 aliphatic rings. The van der Waals surface area contributed by atoms with Gasteiger partial charge in [0.2, 0.25) is 6.29 Å². The van der Waals surface area contributed by atoms with Gasteiger partial charge in [-0.2, -0.15) is 0 Å². The minimum absolute atomic E-state index is 0.0536. The second kappa shape index (κ2) is 14.3. The Bertz CT molecular complexity index is 2060. The van der Waals surface area contributed by atoms with Gasteiger partial charge in [0, 0.05) is 35.6 Å². The van der Waals surface area contributed by atoms with Crippen LogP contribution in [0.25, 0.3) is 22.1 Å². The Morgan fingerprint density at radius 1 is 0.860 bits per heavy atom. The molecule has 50 heavy (non-hydrogen) atoms. The average molecular weight is 682 g/mol. The highest BCUT2D eigenvalue weighted by Gasteiger charge is 2.50. The number of carbonyl (C=O) groups excluding carboxylic acids is 1. The van der Waals surface area contributed by atoms with Crippen LogP contribution in [0.1, 0.15) is 35.3 Å². The first-order valence-electron chi connectivity index (χ1n) is 16.0. The van der Waals surface area contributed by atoms with Crippen molar-refractivity contribution >= 4 is 22.6 Å². The van der Waals surface area contributed by atoms with Gasteiger partial charge in [-0.1, -0.05) is 42.5 Å². The summed E-state index contributed by atoms with van der Waals surface area (Å²) in [6, 6.07) is 26.8. The molecule has 0 unspecified atom stereocenters. The average Bonchev–Trinajstić information content (AvgIpc) is 3.12. The van der Waals surface area contributed by atoms with E-state index >= 15 is 0 Å². The molecule has 0 spiro atoms. The number of rotatable bonds is 10. The predicted octanol–water partition coefficient (Wildman–Crippen LogP) is 5.57. The fourth-order valence-corrected chi connectivity index (χ4v) is 6.28. The first-order chi connectivity index (χ1) is 24.0. The summed E-state index contributed by atoms with van der Waals surface area (Å²) in [5, 5.41) is 24.9. The van der Waals surface area contributed by atoms with E-state index in [1.54, 1.807) is 64.5 Å². The van der Waals surface area contributed by atoms with Crippen molar-refractivity contribution in [2.45, 2.75) is 50.5 Å². The maximum absolute atomic E-state index is 13.5. The molecule has 4 atom stereocenters. The Hall–Kier alpha value is -5.20. The number of hydrogen-bond acceptors (Lipinski definition) is 10. The molecule has 1 fully saturated rings.